The molecule has 1 rings (SSSR count). The number of carbonyl (C=O) groups excluding carboxylic acids is 1. The second kappa shape index (κ2) is 4.88. The Bertz CT molecular complexity index is 439. The van der Waals surface area contributed by atoms with Crippen molar-refractivity contribution < 1.29 is 18.3 Å². The number of carbonyl (C=O) groups is 1. The van der Waals surface area contributed by atoms with Crippen LogP contribution in [-0.2, 0) is 11.2 Å². The van der Waals surface area contributed by atoms with Crippen molar-refractivity contribution in [3.63, 3.8) is 0 Å². The highest BCUT2D eigenvalue weighted by Gasteiger charge is 2.16. The Hall–Kier alpha value is -1.71. The first kappa shape index (κ1) is 12.4. The SMILES string of the molecule is C=C(C)C(=O)Oc1ccc(CC)c(F)c1F. The van der Waals surface area contributed by atoms with Crippen molar-refractivity contribution in [3.8, 4) is 5.75 Å². The number of ether oxygens (including phenoxy) is 1. The summed E-state index contributed by atoms with van der Waals surface area (Å²) < 4.78 is 31.3. The first-order chi connectivity index (χ1) is 7.47. The van der Waals surface area contributed by atoms with E-state index >= 15 is 0 Å². The van der Waals surface area contributed by atoms with Crippen LogP contribution in [0, 0.1) is 11.6 Å². The van der Waals surface area contributed by atoms with Gasteiger partial charge in [-0.15, -0.1) is 0 Å². The van der Waals surface area contributed by atoms with Crippen LogP contribution in [0.15, 0.2) is 24.3 Å². The molecule has 0 unspecified atom stereocenters. The predicted octanol–water partition coefficient (Wildman–Crippen LogP) is 3.01. The van der Waals surface area contributed by atoms with Gasteiger partial charge in [0.1, 0.15) is 0 Å². The van der Waals surface area contributed by atoms with E-state index in [9.17, 15) is 13.6 Å². The molecule has 0 aromatic heterocycles. The van der Waals surface area contributed by atoms with Crippen LogP contribution in [0.2, 0.25) is 0 Å². The maximum Gasteiger partial charge on any atom is 0.338 e. The summed E-state index contributed by atoms with van der Waals surface area (Å²) in [6, 6.07) is 2.62. The number of benzene rings is 1. The second-order valence-corrected chi connectivity index (χ2v) is 3.37. The lowest BCUT2D eigenvalue weighted by Gasteiger charge is -2.07. The summed E-state index contributed by atoms with van der Waals surface area (Å²) in [7, 11) is 0. The molecule has 0 atom stereocenters. The molecule has 0 saturated heterocycles. The summed E-state index contributed by atoms with van der Waals surface area (Å²) in [5, 5.41) is 0. The highest BCUT2D eigenvalue weighted by atomic mass is 19.2. The van der Waals surface area contributed by atoms with Gasteiger partial charge in [-0.25, -0.2) is 9.18 Å². The molecule has 0 aliphatic carbocycles. The summed E-state index contributed by atoms with van der Waals surface area (Å²) >= 11 is 0. The van der Waals surface area contributed by atoms with E-state index in [1.807, 2.05) is 0 Å². The van der Waals surface area contributed by atoms with Gasteiger partial charge in [0.25, 0.3) is 0 Å². The summed E-state index contributed by atoms with van der Waals surface area (Å²) in [4.78, 5) is 11.1. The van der Waals surface area contributed by atoms with Crippen LogP contribution in [0.4, 0.5) is 8.78 Å². The van der Waals surface area contributed by atoms with E-state index in [-0.39, 0.29) is 11.1 Å². The first-order valence-corrected chi connectivity index (χ1v) is 4.82. The summed E-state index contributed by atoms with van der Waals surface area (Å²) in [5.41, 5.74) is 0.368. The molecule has 1 aromatic rings. The average Bonchev–Trinajstić information content (AvgIpc) is 2.25. The van der Waals surface area contributed by atoms with Gasteiger partial charge in [0.05, 0.1) is 0 Å². The van der Waals surface area contributed by atoms with Gasteiger partial charge >= 0.3 is 5.97 Å². The molecule has 0 N–H and O–H groups in total. The van der Waals surface area contributed by atoms with E-state index in [1.54, 1.807) is 6.92 Å². The lowest BCUT2D eigenvalue weighted by Crippen LogP contribution is -2.10. The molecule has 86 valence electrons. The Kier molecular flexibility index (Phi) is 3.77. The van der Waals surface area contributed by atoms with E-state index < -0.39 is 23.4 Å². The predicted molar refractivity (Wildman–Crippen MR) is 56.2 cm³/mol. The average molecular weight is 226 g/mol. The largest absolute Gasteiger partial charge is 0.420 e. The van der Waals surface area contributed by atoms with Gasteiger partial charge in [0, 0.05) is 5.57 Å². The van der Waals surface area contributed by atoms with Gasteiger partial charge < -0.3 is 4.74 Å². The fourth-order valence-electron chi connectivity index (χ4n) is 1.11. The van der Waals surface area contributed by atoms with Crippen molar-refractivity contribution in [2.45, 2.75) is 20.3 Å². The third-order valence-electron chi connectivity index (χ3n) is 2.06. The van der Waals surface area contributed by atoms with Gasteiger partial charge in [-0.1, -0.05) is 19.6 Å². The number of halogens is 2. The van der Waals surface area contributed by atoms with E-state index in [0.717, 1.165) is 0 Å². The van der Waals surface area contributed by atoms with Gasteiger partial charge in [-0.3, -0.25) is 0 Å². The molecule has 0 saturated carbocycles. The Balaban J connectivity index is 3.04. The number of aryl methyl sites for hydroxylation is 1. The van der Waals surface area contributed by atoms with Gasteiger partial charge in [-0.05, 0) is 25.0 Å². The lowest BCUT2D eigenvalue weighted by atomic mass is 10.1. The fraction of sp³-hybridized carbons (Fsp3) is 0.250. The summed E-state index contributed by atoms with van der Waals surface area (Å²) in [5.74, 6) is -3.31. The standard InChI is InChI=1S/C12H12F2O2/c1-4-8-5-6-9(11(14)10(8)13)16-12(15)7(2)3/h5-6H,2,4H2,1,3H3. The van der Waals surface area contributed by atoms with E-state index in [1.165, 1.54) is 19.1 Å². The Morgan fingerprint density at radius 1 is 1.38 bits per heavy atom. The topological polar surface area (TPSA) is 26.3 Å². The molecule has 0 aliphatic heterocycles. The maximum absolute atomic E-state index is 13.4. The lowest BCUT2D eigenvalue weighted by molar-refractivity contribution is -0.130. The highest BCUT2D eigenvalue weighted by Crippen LogP contribution is 2.23. The van der Waals surface area contributed by atoms with E-state index in [4.69, 9.17) is 0 Å². The zero-order valence-corrected chi connectivity index (χ0v) is 9.14. The number of rotatable bonds is 3. The zero-order chi connectivity index (χ0) is 12.3. The molecular weight excluding hydrogens is 214 g/mol. The van der Waals surface area contributed by atoms with Crippen molar-refractivity contribution in [2.75, 3.05) is 0 Å². The van der Waals surface area contributed by atoms with Crippen molar-refractivity contribution in [1.82, 2.24) is 0 Å². The molecule has 1 aromatic carbocycles. The third kappa shape index (κ3) is 2.45. The summed E-state index contributed by atoms with van der Waals surface area (Å²) in [6.45, 7) is 6.48. The van der Waals surface area contributed by atoms with Crippen LogP contribution in [0.1, 0.15) is 19.4 Å². The minimum atomic E-state index is -1.14. The Morgan fingerprint density at radius 2 is 2.00 bits per heavy atom. The molecule has 0 spiro atoms. The second-order valence-electron chi connectivity index (χ2n) is 3.37. The zero-order valence-electron chi connectivity index (χ0n) is 9.14. The number of esters is 1. The van der Waals surface area contributed by atoms with Crippen molar-refractivity contribution in [1.29, 1.82) is 0 Å². The van der Waals surface area contributed by atoms with Crippen LogP contribution < -0.4 is 4.74 Å². The Labute approximate surface area is 92.5 Å². The Morgan fingerprint density at radius 3 is 2.50 bits per heavy atom. The van der Waals surface area contributed by atoms with E-state index in [0.29, 0.717) is 6.42 Å². The van der Waals surface area contributed by atoms with Crippen molar-refractivity contribution in [3.05, 3.63) is 41.5 Å². The molecule has 0 aliphatic rings. The highest BCUT2D eigenvalue weighted by molar-refractivity contribution is 5.88. The van der Waals surface area contributed by atoms with Gasteiger partial charge in [-0.2, -0.15) is 4.39 Å². The molecule has 4 heteroatoms. The normalized spacial score (nSPS) is 10.0. The summed E-state index contributed by atoms with van der Waals surface area (Å²) in [6.07, 6.45) is 0.372. The van der Waals surface area contributed by atoms with Crippen molar-refractivity contribution in [2.24, 2.45) is 0 Å². The molecule has 0 amide bonds. The molecule has 16 heavy (non-hydrogen) atoms. The van der Waals surface area contributed by atoms with Crippen LogP contribution in [-0.4, -0.2) is 5.97 Å². The quantitative estimate of drug-likeness (QED) is 0.450. The molecular formula is C12H12F2O2. The van der Waals surface area contributed by atoms with Gasteiger partial charge in [0.2, 0.25) is 5.82 Å². The van der Waals surface area contributed by atoms with Crippen LogP contribution in [0.3, 0.4) is 0 Å². The molecule has 2 nitrogen and oxygen atoms in total. The van der Waals surface area contributed by atoms with Gasteiger partial charge in [0.15, 0.2) is 11.6 Å². The molecule has 0 heterocycles. The number of hydrogen-bond acceptors (Lipinski definition) is 2. The van der Waals surface area contributed by atoms with Crippen LogP contribution in [0.25, 0.3) is 0 Å². The van der Waals surface area contributed by atoms with Crippen molar-refractivity contribution >= 4 is 5.97 Å². The molecule has 0 fully saturated rings. The maximum atomic E-state index is 13.4. The van der Waals surface area contributed by atoms with Crippen LogP contribution in [0.5, 0.6) is 5.75 Å². The van der Waals surface area contributed by atoms with Crippen LogP contribution >= 0.6 is 0 Å². The van der Waals surface area contributed by atoms with E-state index in [2.05, 4.69) is 11.3 Å². The smallest absolute Gasteiger partial charge is 0.338 e. The minimum absolute atomic E-state index is 0.124. The molecule has 0 radical (unpaired) electrons. The molecule has 0 bridgehead atoms. The monoisotopic (exact) mass is 226 g/mol. The minimum Gasteiger partial charge on any atom is -0.420 e. The fourth-order valence-corrected chi connectivity index (χ4v) is 1.11. The first-order valence-electron chi connectivity index (χ1n) is 4.82. The third-order valence-corrected chi connectivity index (χ3v) is 2.06. The number of hydrogen-bond donors (Lipinski definition) is 0.